The number of para-hydroxylation sites is 3. The predicted molar refractivity (Wildman–Crippen MR) is 258 cm³/mol. The average Bonchev–Trinajstić information content (AvgIpc) is 3.98. The van der Waals surface area contributed by atoms with E-state index in [-0.39, 0.29) is 26.5 Å². The van der Waals surface area contributed by atoms with Crippen LogP contribution in [0.15, 0.2) is 162 Å². The molecule has 0 bridgehead atoms. The molecule has 0 N–H and O–H groups in total. The Hall–Kier alpha value is -6.88. The molecule has 10 aromatic rings. The van der Waals surface area contributed by atoms with Crippen LogP contribution in [0.25, 0.3) is 61.0 Å². The zero-order chi connectivity index (χ0) is 43.0. The van der Waals surface area contributed by atoms with Gasteiger partial charge in [-0.05, 0) is 96.0 Å². The number of rotatable bonds is 7. The number of aromatic nitrogens is 2. The Morgan fingerprint density at radius 1 is 0.609 bits per heavy atom. The number of anilines is 4. The van der Waals surface area contributed by atoms with Gasteiger partial charge in [-0.15, -0.1) is 42.7 Å². The van der Waals surface area contributed by atoms with Crippen LogP contribution in [0.5, 0.6) is 11.5 Å². The maximum Gasteiger partial charge on any atom is 0.136 e. The molecule has 318 valence electrons. The number of ether oxygens (including phenoxy) is 1. The predicted octanol–water partition coefficient (Wildman–Crippen LogP) is 15.3. The Bertz CT molecular complexity index is 3320. The average molecular weight is 1010 g/mol. The zero-order valence-electron chi connectivity index (χ0n) is 36.5. The van der Waals surface area contributed by atoms with Crippen LogP contribution in [0.1, 0.15) is 43.0 Å². The Balaban J connectivity index is 0.00000484. The van der Waals surface area contributed by atoms with Crippen molar-refractivity contribution in [1.29, 1.82) is 0 Å². The standard InChI is InChI=1S/C57H45N4O2.Pt/c1-36-37(2)52(39-18-9-7-10-19-39)55(53(38(36)3)40-20-11-8-12-21-40)60-35-59(47-25-14-15-26-48(47)60)42-22-17-23-43(33-42)62-44-28-29-45-49(34-44)61(51-32-41(30-31-58-51)57(4,5)6)54-46-24-13-16-27-50(46)63-56(45)54;/h7-32,35H,1-6H3;/q-3;. The fourth-order valence-corrected chi connectivity index (χ4v) is 9.20. The smallest absolute Gasteiger partial charge is 0.136 e. The van der Waals surface area contributed by atoms with Crippen LogP contribution in [0.2, 0.25) is 0 Å². The van der Waals surface area contributed by atoms with E-state index in [1.807, 2.05) is 42.6 Å². The molecule has 0 atom stereocenters. The third-order valence-electron chi connectivity index (χ3n) is 12.6. The monoisotopic (exact) mass is 1010 g/mol. The normalized spacial score (nSPS) is 12.6. The van der Waals surface area contributed by atoms with Gasteiger partial charge in [-0.25, -0.2) is 4.98 Å². The van der Waals surface area contributed by atoms with Crippen LogP contribution in [0.4, 0.5) is 22.7 Å². The summed E-state index contributed by atoms with van der Waals surface area (Å²) >= 11 is 0. The van der Waals surface area contributed by atoms with E-state index in [1.165, 1.54) is 44.5 Å². The minimum absolute atomic E-state index is 0. The first-order valence-electron chi connectivity index (χ1n) is 21.5. The number of hydrogen-bond donors (Lipinski definition) is 0. The SMILES string of the molecule is Cc1c(C)c(-c2ccccc2)c(N2[CH-]N(c3[c-]c(Oc4[c-]c5c(cc4)c4oc6ccccc6c4n5-c4cc(C(C)(C)C)ccn4)ccc3)c3ccccc32)c(-c2ccccc2)c1C.[Pt]. The van der Waals surface area contributed by atoms with Gasteiger partial charge in [0.15, 0.2) is 0 Å². The molecule has 64 heavy (non-hydrogen) atoms. The molecule has 0 amide bonds. The van der Waals surface area contributed by atoms with Gasteiger partial charge in [0.05, 0.1) is 5.52 Å². The molecular formula is C57H45N4O2Pt-3. The maximum absolute atomic E-state index is 6.68. The Morgan fingerprint density at radius 3 is 1.92 bits per heavy atom. The first-order chi connectivity index (χ1) is 30.6. The molecule has 3 aromatic heterocycles. The minimum Gasteiger partial charge on any atom is -0.509 e. The van der Waals surface area contributed by atoms with Crippen LogP contribution in [0.3, 0.4) is 0 Å². The molecule has 1 aliphatic heterocycles. The summed E-state index contributed by atoms with van der Waals surface area (Å²) in [5, 5.41) is 1.95. The van der Waals surface area contributed by atoms with Crippen molar-refractivity contribution in [2.45, 2.75) is 47.0 Å². The van der Waals surface area contributed by atoms with Crippen LogP contribution in [0, 0.1) is 39.6 Å². The molecule has 0 radical (unpaired) electrons. The van der Waals surface area contributed by atoms with Crippen LogP contribution in [-0.2, 0) is 26.5 Å². The number of furan rings is 1. The number of benzene rings is 7. The Morgan fingerprint density at radius 2 is 1.23 bits per heavy atom. The van der Waals surface area contributed by atoms with Crippen LogP contribution >= 0.6 is 0 Å². The molecule has 1 aliphatic rings. The van der Waals surface area contributed by atoms with E-state index in [4.69, 9.17) is 14.1 Å². The van der Waals surface area contributed by atoms with E-state index in [1.54, 1.807) is 0 Å². The van der Waals surface area contributed by atoms with E-state index < -0.39 is 0 Å². The van der Waals surface area contributed by atoms with Crippen molar-refractivity contribution in [3.63, 3.8) is 0 Å². The van der Waals surface area contributed by atoms with E-state index in [2.05, 4.69) is 190 Å². The van der Waals surface area contributed by atoms with Gasteiger partial charge in [0, 0.05) is 72.3 Å². The van der Waals surface area contributed by atoms with Gasteiger partial charge in [-0.3, -0.25) is 0 Å². The topological polar surface area (TPSA) is 46.7 Å². The van der Waals surface area contributed by atoms with Crippen LogP contribution in [-0.4, -0.2) is 9.55 Å². The molecule has 0 saturated carbocycles. The summed E-state index contributed by atoms with van der Waals surface area (Å²) in [7, 11) is 0. The zero-order valence-corrected chi connectivity index (χ0v) is 38.8. The molecule has 0 spiro atoms. The minimum atomic E-state index is -0.0617. The van der Waals surface area contributed by atoms with E-state index in [0.29, 0.717) is 11.5 Å². The second-order valence-corrected chi connectivity index (χ2v) is 17.4. The van der Waals surface area contributed by atoms with Gasteiger partial charge < -0.3 is 23.5 Å². The molecule has 7 aromatic carbocycles. The Kier molecular flexibility index (Phi) is 10.3. The summed E-state index contributed by atoms with van der Waals surface area (Å²) in [6.07, 6.45) is 1.89. The fourth-order valence-electron chi connectivity index (χ4n) is 9.20. The largest absolute Gasteiger partial charge is 0.509 e. The Labute approximate surface area is 388 Å². The van der Waals surface area contributed by atoms with Crippen molar-refractivity contribution >= 4 is 55.7 Å². The number of pyridine rings is 1. The summed E-state index contributed by atoms with van der Waals surface area (Å²) in [4.78, 5) is 9.47. The van der Waals surface area contributed by atoms with Gasteiger partial charge in [0.25, 0.3) is 0 Å². The van der Waals surface area contributed by atoms with Crippen molar-refractivity contribution in [3.05, 3.63) is 199 Å². The fraction of sp³-hybridized carbons (Fsp3) is 0.123. The van der Waals surface area contributed by atoms with Gasteiger partial charge in [0.1, 0.15) is 17.0 Å². The van der Waals surface area contributed by atoms with E-state index >= 15 is 0 Å². The molecule has 4 heterocycles. The van der Waals surface area contributed by atoms with Crippen LogP contribution < -0.4 is 14.5 Å². The maximum atomic E-state index is 6.68. The molecule has 11 rings (SSSR count). The van der Waals surface area contributed by atoms with E-state index in [0.717, 1.165) is 61.5 Å². The molecule has 0 unspecified atom stereocenters. The summed E-state index contributed by atoms with van der Waals surface area (Å²) < 4.78 is 15.4. The number of nitrogens with zero attached hydrogens (tertiary/aromatic N) is 4. The van der Waals surface area contributed by atoms with Gasteiger partial charge in [-0.2, -0.15) is 12.1 Å². The number of hydrogen-bond acceptors (Lipinski definition) is 5. The first kappa shape index (κ1) is 41.1. The van der Waals surface area contributed by atoms with Crippen molar-refractivity contribution in [1.82, 2.24) is 9.55 Å². The number of fused-ring (bicyclic) bond motifs is 6. The van der Waals surface area contributed by atoms with Gasteiger partial charge in [0.2, 0.25) is 0 Å². The molecule has 7 heteroatoms. The summed E-state index contributed by atoms with van der Waals surface area (Å²) in [5.41, 5.74) is 17.2. The second-order valence-electron chi connectivity index (χ2n) is 17.4. The third-order valence-corrected chi connectivity index (χ3v) is 12.6. The van der Waals surface area contributed by atoms with Crippen molar-refractivity contribution in [2.24, 2.45) is 0 Å². The van der Waals surface area contributed by atoms with Crippen molar-refractivity contribution in [3.8, 4) is 39.6 Å². The van der Waals surface area contributed by atoms with Gasteiger partial charge >= 0.3 is 0 Å². The van der Waals surface area contributed by atoms with Gasteiger partial charge in [-0.1, -0.05) is 117 Å². The summed E-state index contributed by atoms with van der Waals surface area (Å²) in [6.45, 7) is 15.6. The second kappa shape index (κ2) is 16.0. The van der Waals surface area contributed by atoms with Crippen molar-refractivity contribution in [2.75, 3.05) is 9.80 Å². The molecular weight excluding hydrogens is 968 g/mol. The first-order valence-corrected chi connectivity index (χ1v) is 21.5. The van der Waals surface area contributed by atoms with E-state index in [9.17, 15) is 0 Å². The molecule has 0 fully saturated rings. The summed E-state index contributed by atoms with van der Waals surface area (Å²) in [5.74, 6) is 1.93. The quantitative estimate of drug-likeness (QED) is 0.149. The molecule has 0 saturated heterocycles. The molecule has 6 nitrogen and oxygen atoms in total. The van der Waals surface area contributed by atoms with Crippen molar-refractivity contribution < 1.29 is 30.2 Å². The summed E-state index contributed by atoms with van der Waals surface area (Å²) in [6, 6.07) is 59.8. The molecule has 0 aliphatic carbocycles. The third kappa shape index (κ3) is 6.80.